The van der Waals surface area contributed by atoms with Crippen LogP contribution in [0.5, 0.6) is 11.5 Å². The minimum atomic E-state index is -0.357. The first-order valence-electron chi connectivity index (χ1n) is 10.6. The van der Waals surface area contributed by atoms with Crippen molar-refractivity contribution in [3.63, 3.8) is 0 Å². The van der Waals surface area contributed by atoms with Gasteiger partial charge in [-0.3, -0.25) is 10.0 Å². The standard InChI is InChI=1S/C23H27BN4O4/c1-31-20-13-19-18(12-21(20)32-10-5-3-2-4-9-22(29)28-30)23(27-15-26-19)25-14-16-7-6-8-17(24)11-16/h6-8,11-13,15,30H,2-5,9-10,14H2,1H3,(H,28,29)(H,25,26,27). The molecule has 9 heteroatoms. The first-order chi connectivity index (χ1) is 15.6. The van der Waals surface area contributed by atoms with Crippen LogP contribution in [0.1, 0.15) is 37.7 Å². The molecule has 3 rings (SSSR count). The molecule has 8 nitrogen and oxygen atoms in total. The molecule has 2 radical (unpaired) electrons. The number of carbonyl (C=O) groups is 1. The second-order valence-electron chi connectivity index (χ2n) is 7.39. The summed E-state index contributed by atoms with van der Waals surface area (Å²) in [5.74, 6) is 1.58. The maximum absolute atomic E-state index is 11.0. The summed E-state index contributed by atoms with van der Waals surface area (Å²) < 4.78 is 11.5. The number of unbranched alkanes of at least 4 members (excludes halogenated alkanes) is 3. The zero-order valence-corrected chi connectivity index (χ0v) is 18.1. The molecule has 3 N–H and O–H groups in total. The highest BCUT2D eigenvalue weighted by molar-refractivity contribution is 6.32. The van der Waals surface area contributed by atoms with E-state index in [2.05, 4.69) is 15.3 Å². The molecule has 32 heavy (non-hydrogen) atoms. The van der Waals surface area contributed by atoms with Gasteiger partial charge in [-0.05, 0) is 24.5 Å². The fourth-order valence-corrected chi connectivity index (χ4v) is 3.35. The lowest BCUT2D eigenvalue weighted by Gasteiger charge is -2.14. The molecular formula is C23H27BN4O4. The van der Waals surface area contributed by atoms with Crippen LogP contribution >= 0.6 is 0 Å². The maximum Gasteiger partial charge on any atom is 0.243 e. The van der Waals surface area contributed by atoms with E-state index in [9.17, 15) is 4.79 Å². The third kappa shape index (κ3) is 6.59. The molecule has 2 aromatic carbocycles. The summed E-state index contributed by atoms with van der Waals surface area (Å²) in [4.78, 5) is 19.8. The van der Waals surface area contributed by atoms with E-state index in [1.165, 1.54) is 6.33 Å². The van der Waals surface area contributed by atoms with Gasteiger partial charge in [0.05, 0.1) is 19.2 Å². The van der Waals surface area contributed by atoms with Crippen LogP contribution in [0.25, 0.3) is 10.9 Å². The number of amides is 1. The predicted molar refractivity (Wildman–Crippen MR) is 124 cm³/mol. The quantitative estimate of drug-likeness (QED) is 0.174. The Morgan fingerprint density at radius 1 is 1.09 bits per heavy atom. The molecule has 0 atom stereocenters. The average Bonchev–Trinajstić information content (AvgIpc) is 2.81. The number of methoxy groups -OCH3 is 1. The van der Waals surface area contributed by atoms with Crippen molar-refractivity contribution < 1.29 is 19.5 Å². The van der Waals surface area contributed by atoms with Crippen LogP contribution in [0.3, 0.4) is 0 Å². The average molecular weight is 434 g/mol. The van der Waals surface area contributed by atoms with Crippen LogP contribution in [-0.4, -0.2) is 42.6 Å². The molecule has 1 heterocycles. The van der Waals surface area contributed by atoms with Crippen molar-refractivity contribution >= 4 is 35.9 Å². The van der Waals surface area contributed by atoms with Crippen LogP contribution in [0.4, 0.5) is 5.82 Å². The van der Waals surface area contributed by atoms with Gasteiger partial charge in [-0.25, -0.2) is 15.4 Å². The van der Waals surface area contributed by atoms with Gasteiger partial charge in [0.15, 0.2) is 11.5 Å². The Kier molecular flexibility index (Phi) is 8.68. The second kappa shape index (κ2) is 11.9. The molecule has 0 bridgehead atoms. The number of rotatable bonds is 12. The zero-order chi connectivity index (χ0) is 22.8. The van der Waals surface area contributed by atoms with E-state index in [1.807, 2.05) is 36.4 Å². The largest absolute Gasteiger partial charge is 0.493 e. The van der Waals surface area contributed by atoms with E-state index in [1.54, 1.807) is 12.6 Å². The molecule has 0 aliphatic carbocycles. The molecule has 166 valence electrons. The first-order valence-corrected chi connectivity index (χ1v) is 10.6. The second-order valence-corrected chi connectivity index (χ2v) is 7.39. The Morgan fingerprint density at radius 3 is 2.72 bits per heavy atom. The number of hydroxylamine groups is 1. The first kappa shape index (κ1) is 23.3. The van der Waals surface area contributed by atoms with Crippen molar-refractivity contribution in [2.45, 2.75) is 38.6 Å². The molecule has 0 spiro atoms. The van der Waals surface area contributed by atoms with Gasteiger partial charge in [-0.1, -0.05) is 42.6 Å². The number of carbonyl (C=O) groups excluding carboxylic acids is 1. The van der Waals surface area contributed by atoms with Crippen LogP contribution < -0.4 is 25.7 Å². The van der Waals surface area contributed by atoms with Gasteiger partial charge < -0.3 is 14.8 Å². The van der Waals surface area contributed by atoms with Gasteiger partial charge >= 0.3 is 0 Å². The van der Waals surface area contributed by atoms with Crippen molar-refractivity contribution in [1.29, 1.82) is 0 Å². The lowest BCUT2D eigenvalue weighted by molar-refractivity contribution is -0.129. The normalized spacial score (nSPS) is 10.7. The highest BCUT2D eigenvalue weighted by atomic mass is 16.5. The van der Waals surface area contributed by atoms with E-state index >= 15 is 0 Å². The smallest absolute Gasteiger partial charge is 0.243 e. The van der Waals surface area contributed by atoms with Gasteiger partial charge in [0.1, 0.15) is 20.0 Å². The van der Waals surface area contributed by atoms with Crippen LogP contribution in [0.2, 0.25) is 0 Å². The fourth-order valence-electron chi connectivity index (χ4n) is 3.35. The summed E-state index contributed by atoms with van der Waals surface area (Å²) in [7, 11) is 7.46. The Labute approximate surface area is 188 Å². The molecule has 0 unspecified atom stereocenters. The maximum atomic E-state index is 11.0. The van der Waals surface area contributed by atoms with Crippen molar-refractivity contribution in [3.8, 4) is 11.5 Å². The molecule has 0 saturated carbocycles. The number of benzene rings is 2. The predicted octanol–water partition coefficient (Wildman–Crippen LogP) is 2.88. The summed E-state index contributed by atoms with van der Waals surface area (Å²) >= 11 is 0. The molecule has 0 aliphatic rings. The number of nitrogens with one attached hydrogen (secondary N) is 2. The summed E-state index contributed by atoms with van der Waals surface area (Å²) in [5, 5.41) is 12.7. The molecular weight excluding hydrogens is 407 g/mol. The van der Waals surface area contributed by atoms with Crippen molar-refractivity contribution in [1.82, 2.24) is 15.4 Å². The number of fused-ring (bicyclic) bond motifs is 1. The Hall–Kier alpha value is -3.33. The fraction of sp³-hybridized carbons (Fsp3) is 0.348. The number of hydrogen-bond acceptors (Lipinski definition) is 7. The van der Waals surface area contributed by atoms with E-state index in [0.29, 0.717) is 42.4 Å². The van der Waals surface area contributed by atoms with Gasteiger partial charge in [0.2, 0.25) is 5.91 Å². The summed E-state index contributed by atoms with van der Waals surface area (Å²) in [5.41, 5.74) is 4.16. The SMILES string of the molecule is [B]c1cccc(CNc2ncnc3cc(OC)c(OCCCCCCC(=O)NO)cc23)c1. The van der Waals surface area contributed by atoms with Crippen molar-refractivity contribution in [2.24, 2.45) is 0 Å². The Morgan fingerprint density at radius 2 is 1.94 bits per heavy atom. The number of hydrogen-bond donors (Lipinski definition) is 3. The third-order valence-electron chi connectivity index (χ3n) is 5.01. The summed E-state index contributed by atoms with van der Waals surface area (Å²) in [6.45, 7) is 1.10. The molecule has 0 fully saturated rings. The van der Waals surface area contributed by atoms with Crippen molar-refractivity contribution in [3.05, 3.63) is 48.3 Å². The monoisotopic (exact) mass is 434 g/mol. The lowest BCUT2D eigenvalue weighted by Crippen LogP contribution is -2.17. The number of anilines is 1. The lowest BCUT2D eigenvalue weighted by atomic mass is 9.94. The summed E-state index contributed by atoms with van der Waals surface area (Å²) in [6, 6.07) is 11.4. The Balaban J connectivity index is 1.63. The van der Waals surface area contributed by atoms with E-state index in [0.717, 1.165) is 42.1 Å². The molecule has 1 amide bonds. The number of nitrogens with zero attached hydrogens (tertiary/aromatic N) is 2. The van der Waals surface area contributed by atoms with Gasteiger partial charge in [-0.2, -0.15) is 0 Å². The topological polar surface area (TPSA) is 106 Å². The van der Waals surface area contributed by atoms with Crippen LogP contribution in [0, 0.1) is 0 Å². The van der Waals surface area contributed by atoms with E-state index < -0.39 is 0 Å². The number of aromatic nitrogens is 2. The minimum absolute atomic E-state index is 0.321. The summed E-state index contributed by atoms with van der Waals surface area (Å²) in [6.07, 6.45) is 5.21. The van der Waals surface area contributed by atoms with E-state index in [-0.39, 0.29) is 5.91 Å². The highest BCUT2D eigenvalue weighted by Gasteiger charge is 2.12. The van der Waals surface area contributed by atoms with Crippen LogP contribution in [0.15, 0.2) is 42.7 Å². The molecule has 3 aromatic rings. The van der Waals surface area contributed by atoms with E-state index in [4.69, 9.17) is 22.5 Å². The number of ether oxygens (including phenoxy) is 2. The molecule has 1 aromatic heterocycles. The van der Waals surface area contributed by atoms with Crippen LogP contribution in [-0.2, 0) is 11.3 Å². The minimum Gasteiger partial charge on any atom is -0.493 e. The molecule has 0 saturated heterocycles. The Bertz CT molecular complexity index is 1050. The molecule has 0 aliphatic heterocycles. The van der Waals surface area contributed by atoms with Gasteiger partial charge in [-0.15, -0.1) is 0 Å². The van der Waals surface area contributed by atoms with Gasteiger partial charge in [0, 0.05) is 24.4 Å². The third-order valence-corrected chi connectivity index (χ3v) is 5.01. The zero-order valence-electron chi connectivity index (χ0n) is 18.1. The van der Waals surface area contributed by atoms with Gasteiger partial charge in [0.25, 0.3) is 0 Å². The highest BCUT2D eigenvalue weighted by Crippen LogP contribution is 2.34. The van der Waals surface area contributed by atoms with Crippen molar-refractivity contribution in [2.75, 3.05) is 19.0 Å².